The van der Waals surface area contributed by atoms with Gasteiger partial charge in [0.25, 0.3) is 0 Å². The number of ether oxygens (including phenoxy) is 1. The first-order chi connectivity index (χ1) is 9.66. The lowest BCUT2D eigenvalue weighted by Gasteiger charge is -2.39. The minimum Gasteiger partial charge on any atom is -0.465 e. The number of amides is 1. The van der Waals surface area contributed by atoms with E-state index in [2.05, 4.69) is 4.74 Å². The largest absolute Gasteiger partial charge is 0.465 e. The molecule has 1 aromatic rings. The average Bonchev–Trinajstić information content (AvgIpc) is 2.34. The molecule has 0 saturated heterocycles. The van der Waals surface area contributed by atoms with Gasteiger partial charge in [-0.3, -0.25) is 4.90 Å². The molecule has 118 valence electrons. The van der Waals surface area contributed by atoms with Crippen molar-refractivity contribution in [1.29, 1.82) is 0 Å². The zero-order valence-electron chi connectivity index (χ0n) is 12.6. The second-order valence-corrected chi connectivity index (χ2v) is 5.69. The van der Waals surface area contributed by atoms with E-state index >= 15 is 0 Å². The van der Waals surface area contributed by atoms with Crippen molar-refractivity contribution in [1.82, 2.24) is 4.90 Å². The second kappa shape index (κ2) is 6.74. The molecule has 0 bridgehead atoms. The van der Waals surface area contributed by atoms with E-state index in [0.717, 1.165) is 5.56 Å². The van der Waals surface area contributed by atoms with Gasteiger partial charge in [-0.15, -0.1) is 0 Å². The van der Waals surface area contributed by atoms with Crippen LogP contribution in [-0.2, 0) is 0 Å². The van der Waals surface area contributed by atoms with Crippen LogP contribution in [0.2, 0.25) is 0 Å². The maximum Gasteiger partial charge on any atom is 0.408 e. The standard InChI is InChI=1S/C15H21F2NO3/c1-5-12(18(14(19)20)15(2,3)4)10-6-8-11(9-7-10)21-13(16)17/h6-9,12-13H,5H2,1-4H3,(H,19,20). The van der Waals surface area contributed by atoms with Gasteiger partial charge in [0.1, 0.15) is 5.75 Å². The summed E-state index contributed by atoms with van der Waals surface area (Å²) in [7, 11) is 0. The zero-order chi connectivity index (χ0) is 16.2. The summed E-state index contributed by atoms with van der Waals surface area (Å²) in [6.07, 6.45) is -0.430. The minimum atomic E-state index is -2.87. The van der Waals surface area contributed by atoms with Crippen LogP contribution in [0.15, 0.2) is 24.3 Å². The zero-order valence-corrected chi connectivity index (χ0v) is 12.6. The molecule has 0 radical (unpaired) electrons. The van der Waals surface area contributed by atoms with Crippen LogP contribution in [0.4, 0.5) is 13.6 Å². The van der Waals surface area contributed by atoms with Crippen LogP contribution in [0.3, 0.4) is 0 Å². The van der Waals surface area contributed by atoms with Crippen molar-refractivity contribution in [3.63, 3.8) is 0 Å². The third-order valence-corrected chi connectivity index (χ3v) is 3.12. The molecule has 1 aromatic carbocycles. The van der Waals surface area contributed by atoms with E-state index in [0.29, 0.717) is 6.42 Å². The number of alkyl halides is 2. The van der Waals surface area contributed by atoms with Crippen molar-refractivity contribution in [2.45, 2.75) is 52.3 Å². The highest BCUT2D eigenvalue weighted by Gasteiger charge is 2.33. The quantitative estimate of drug-likeness (QED) is 0.870. The molecule has 0 saturated carbocycles. The summed E-state index contributed by atoms with van der Waals surface area (Å²) in [4.78, 5) is 12.9. The molecule has 21 heavy (non-hydrogen) atoms. The third-order valence-electron chi connectivity index (χ3n) is 3.12. The van der Waals surface area contributed by atoms with Gasteiger partial charge in [0.2, 0.25) is 0 Å². The lowest BCUT2D eigenvalue weighted by Crippen LogP contribution is -2.47. The first-order valence-electron chi connectivity index (χ1n) is 6.73. The normalized spacial score (nSPS) is 13.1. The lowest BCUT2D eigenvalue weighted by molar-refractivity contribution is -0.0498. The van der Waals surface area contributed by atoms with E-state index in [1.807, 2.05) is 27.7 Å². The van der Waals surface area contributed by atoms with Crippen molar-refractivity contribution < 1.29 is 23.4 Å². The van der Waals surface area contributed by atoms with Gasteiger partial charge < -0.3 is 9.84 Å². The molecule has 0 aromatic heterocycles. The topological polar surface area (TPSA) is 49.8 Å². The van der Waals surface area contributed by atoms with Gasteiger partial charge >= 0.3 is 12.7 Å². The van der Waals surface area contributed by atoms with E-state index in [4.69, 9.17) is 0 Å². The Morgan fingerprint density at radius 1 is 1.29 bits per heavy atom. The van der Waals surface area contributed by atoms with Gasteiger partial charge in [0, 0.05) is 5.54 Å². The Morgan fingerprint density at radius 3 is 2.14 bits per heavy atom. The number of carboxylic acid groups (broad SMARTS) is 1. The Kier molecular flexibility index (Phi) is 5.52. The van der Waals surface area contributed by atoms with Gasteiger partial charge in [0.15, 0.2) is 0 Å². The molecule has 1 rings (SSSR count). The molecule has 1 N–H and O–H groups in total. The summed E-state index contributed by atoms with van der Waals surface area (Å²) in [6.45, 7) is 4.47. The number of halogens is 2. The highest BCUT2D eigenvalue weighted by atomic mass is 19.3. The van der Waals surface area contributed by atoms with Crippen LogP contribution >= 0.6 is 0 Å². The van der Waals surface area contributed by atoms with Gasteiger partial charge in [-0.05, 0) is 44.9 Å². The molecular weight excluding hydrogens is 280 g/mol. The number of hydrogen-bond acceptors (Lipinski definition) is 2. The molecule has 6 heteroatoms. The van der Waals surface area contributed by atoms with Crippen molar-refractivity contribution in [2.24, 2.45) is 0 Å². The van der Waals surface area contributed by atoms with Gasteiger partial charge in [0.05, 0.1) is 6.04 Å². The Labute approximate surface area is 123 Å². The Morgan fingerprint density at radius 2 is 1.81 bits per heavy atom. The van der Waals surface area contributed by atoms with E-state index in [-0.39, 0.29) is 11.8 Å². The summed E-state index contributed by atoms with van der Waals surface area (Å²) < 4.78 is 28.6. The number of nitrogens with zero attached hydrogens (tertiary/aromatic N) is 1. The van der Waals surface area contributed by atoms with Crippen molar-refractivity contribution >= 4 is 6.09 Å². The maximum atomic E-state index is 12.1. The number of carbonyl (C=O) groups is 1. The molecule has 0 aliphatic heterocycles. The summed E-state index contributed by atoms with van der Waals surface area (Å²) in [5.41, 5.74) is 0.182. The first kappa shape index (κ1) is 17.2. The van der Waals surface area contributed by atoms with Gasteiger partial charge in [-0.2, -0.15) is 8.78 Å². The molecular formula is C15H21F2NO3. The lowest BCUT2D eigenvalue weighted by atomic mass is 9.96. The molecule has 0 aliphatic rings. The van der Waals surface area contributed by atoms with E-state index < -0.39 is 18.2 Å². The third kappa shape index (κ3) is 4.58. The summed E-state index contributed by atoms with van der Waals surface area (Å²) in [6, 6.07) is 5.74. The Hall–Kier alpha value is -1.85. The van der Waals surface area contributed by atoms with Gasteiger partial charge in [-0.1, -0.05) is 19.1 Å². The van der Waals surface area contributed by atoms with E-state index in [1.54, 1.807) is 12.1 Å². The predicted molar refractivity (Wildman–Crippen MR) is 75.7 cm³/mol. The maximum absolute atomic E-state index is 12.1. The molecule has 0 fully saturated rings. The average molecular weight is 301 g/mol. The Balaban J connectivity index is 3.06. The smallest absolute Gasteiger partial charge is 0.408 e. The van der Waals surface area contributed by atoms with Crippen LogP contribution < -0.4 is 4.74 Å². The van der Waals surface area contributed by atoms with Crippen molar-refractivity contribution in [3.8, 4) is 5.75 Å². The van der Waals surface area contributed by atoms with Crippen LogP contribution in [-0.4, -0.2) is 28.3 Å². The van der Waals surface area contributed by atoms with Crippen LogP contribution in [0, 0.1) is 0 Å². The highest BCUT2D eigenvalue weighted by Crippen LogP contribution is 2.32. The SMILES string of the molecule is CCC(c1ccc(OC(F)F)cc1)N(C(=O)O)C(C)(C)C. The fraction of sp³-hybridized carbons (Fsp3) is 0.533. The van der Waals surface area contributed by atoms with Crippen LogP contribution in [0.25, 0.3) is 0 Å². The molecule has 4 nitrogen and oxygen atoms in total. The van der Waals surface area contributed by atoms with Crippen LogP contribution in [0.5, 0.6) is 5.75 Å². The van der Waals surface area contributed by atoms with Crippen molar-refractivity contribution in [2.75, 3.05) is 0 Å². The summed E-state index contributed by atoms with van der Waals surface area (Å²) >= 11 is 0. The summed E-state index contributed by atoms with van der Waals surface area (Å²) in [5, 5.41) is 9.45. The summed E-state index contributed by atoms with van der Waals surface area (Å²) in [5.74, 6) is 0.0567. The fourth-order valence-corrected chi connectivity index (χ4v) is 2.33. The predicted octanol–water partition coefficient (Wildman–Crippen LogP) is 4.52. The fourth-order valence-electron chi connectivity index (χ4n) is 2.33. The minimum absolute atomic E-state index is 0.0567. The molecule has 1 unspecified atom stereocenters. The van der Waals surface area contributed by atoms with E-state index in [1.165, 1.54) is 17.0 Å². The number of rotatable bonds is 5. The number of benzene rings is 1. The first-order valence-corrected chi connectivity index (χ1v) is 6.73. The van der Waals surface area contributed by atoms with Crippen LogP contribution in [0.1, 0.15) is 45.7 Å². The molecule has 1 atom stereocenters. The van der Waals surface area contributed by atoms with Gasteiger partial charge in [-0.25, -0.2) is 4.79 Å². The monoisotopic (exact) mass is 301 g/mol. The van der Waals surface area contributed by atoms with Crippen molar-refractivity contribution in [3.05, 3.63) is 29.8 Å². The highest BCUT2D eigenvalue weighted by molar-refractivity contribution is 5.67. The number of hydrogen-bond donors (Lipinski definition) is 1. The van der Waals surface area contributed by atoms with E-state index in [9.17, 15) is 18.7 Å². The molecule has 0 spiro atoms. The molecule has 1 amide bonds. The second-order valence-electron chi connectivity index (χ2n) is 5.69. The Bertz CT molecular complexity index is 469. The molecule has 0 heterocycles. The molecule has 0 aliphatic carbocycles.